The molecule has 1 heterocycles. The highest BCUT2D eigenvalue weighted by Gasteiger charge is 2.16. The molecule has 0 fully saturated rings. The molecule has 0 amide bonds. The van der Waals surface area contributed by atoms with Crippen LogP contribution in [0.1, 0.15) is 31.9 Å². The van der Waals surface area contributed by atoms with Gasteiger partial charge in [-0.3, -0.25) is 0 Å². The molecule has 1 atom stereocenters. The van der Waals surface area contributed by atoms with E-state index >= 15 is 0 Å². The van der Waals surface area contributed by atoms with Crippen LogP contribution in [0, 0.1) is 5.82 Å². The van der Waals surface area contributed by atoms with E-state index in [0.717, 1.165) is 18.5 Å². The van der Waals surface area contributed by atoms with E-state index in [4.69, 9.17) is 11.6 Å². The third kappa shape index (κ3) is 4.19. The van der Waals surface area contributed by atoms with Crippen molar-refractivity contribution in [1.29, 1.82) is 0 Å². The fraction of sp³-hybridized carbons (Fsp3) is 0.312. The fourth-order valence-electron chi connectivity index (χ4n) is 1.99. The number of hydrogen-bond acceptors (Lipinski definition) is 3. The Morgan fingerprint density at radius 1 is 1.33 bits per heavy atom. The van der Waals surface area contributed by atoms with Crippen LogP contribution < -0.4 is 5.32 Å². The van der Waals surface area contributed by atoms with Gasteiger partial charge in [0.15, 0.2) is 0 Å². The summed E-state index contributed by atoms with van der Waals surface area (Å²) in [5, 5.41) is 4.54. The number of nitrogens with one attached hydrogen (secondary N) is 1. The summed E-state index contributed by atoms with van der Waals surface area (Å²) in [6, 6.07) is 8.74. The molecule has 0 aliphatic rings. The molecule has 0 bridgehead atoms. The van der Waals surface area contributed by atoms with Gasteiger partial charge in [-0.1, -0.05) is 42.4 Å². The molecule has 0 radical (unpaired) electrons. The summed E-state index contributed by atoms with van der Waals surface area (Å²) >= 11 is 7.39. The first-order valence-corrected chi connectivity index (χ1v) is 8.13. The average Bonchev–Trinajstić information content (AvgIpc) is 2.49. The van der Waals surface area contributed by atoms with Crippen molar-refractivity contribution in [1.82, 2.24) is 10.3 Å². The quantitative estimate of drug-likeness (QED) is 0.801. The third-order valence-electron chi connectivity index (χ3n) is 3.09. The summed E-state index contributed by atoms with van der Waals surface area (Å²) in [6.45, 7) is 5.04. The van der Waals surface area contributed by atoms with Crippen LogP contribution in [0.4, 0.5) is 4.39 Å². The molecule has 1 N–H and O–H groups in total. The van der Waals surface area contributed by atoms with E-state index in [1.165, 1.54) is 17.8 Å². The van der Waals surface area contributed by atoms with Gasteiger partial charge in [0.1, 0.15) is 10.8 Å². The first kappa shape index (κ1) is 16.3. The van der Waals surface area contributed by atoms with Crippen molar-refractivity contribution in [2.24, 2.45) is 0 Å². The number of rotatable bonds is 6. The van der Waals surface area contributed by atoms with Crippen LogP contribution in [-0.4, -0.2) is 11.5 Å². The van der Waals surface area contributed by atoms with Gasteiger partial charge in [0.2, 0.25) is 0 Å². The Hall–Kier alpha value is -1.10. The summed E-state index contributed by atoms with van der Waals surface area (Å²) in [4.78, 5) is 4.80. The molecule has 0 saturated carbocycles. The Kier molecular flexibility index (Phi) is 6.03. The largest absolute Gasteiger partial charge is 0.310 e. The van der Waals surface area contributed by atoms with E-state index in [2.05, 4.69) is 17.2 Å². The number of pyridine rings is 1. The molecule has 0 aliphatic carbocycles. The lowest BCUT2D eigenvalue weighted by atomic mass is 10.1. The average molecular weight is 325 g/mol. The van der Waals surface area contributed by atoms with Gasteiger partial charge < -0.3 is 5.32 Å². The molecule has 2 rings (SSSR count). The Morgan fingerprint density at radius 2 is 2.14 bits per heavy atom. The highest BCUT2D eigenvalue weighted by Crippen LogP contribution is 2.37. The maximum atomic E-state index is 14.2. The first-order valence-electron chi connectivity index (χ1n) is 6.93. The summed E-state index contributed by atoms with van der Waals surface area (Å²) in [7, 11) is 0. The van der Waals surface area contributed by atoms with Crippen molar-refractivity contribution in [3.8, 4) is 0 Å². The van der Waals surface area contributed by atoms with Crippen molar-refractivity contribution >= 4 is 23.4 Å². The van der Waals surface area contributed by atoms with Crippen molar-refractivity contribution in [2.45, 2.75) is 36.2 Å². The van der Waals surface area contributed by atoms with E-state index in [9.17, 15) is 4.39 Å². The first-order chi connectivity index (χ1) is 10.1. The van der Waals surface area contributed by atoms with Crippen molar-refractivity contribution in [3.63, 3.8) is 0 Å². The normalized spacial score (nSPS) is 12.4. The molecule has 0 spiro atoms. The fourth-order valence-corrected chi connectivity index (χ4v) is 3.23. The maximum Gasteiger partial charge on any atom is 0.137 e. The predicted octanol–water partition coefficient (Wildman–Crippen LogP) is 5.09. The van der Waals surface area contributed by atoms with Gasteiger partial charge in [0.25, 0.3) is 0 Å². The zero-order valence-corrected chi connectivity index (χ0v) is 13.6. The van der Waals surface area contributed by atoms with Gasteiger partial charge in [-0.15, -0.1) is 0 Å². The van der Waals surface area contributed by atoms with Gasteiger partial charge in [-0.05, 0) is 43.7 Å². The predicted molar refractivity (Wildman–Crippen MR) is 86.5 cm³/mol. The van der Waals surface area contributed by atoms with Gasteiger partial charge in [-0.25, -0.2) is 9.37 Å². The molecular weight excluding hydrogens is 307 g/mol. The number of benzene rings is 1. The third-order valence-corrected chi connectivity index (χ3v) is 4.66. The zero-order valence-electron chi connectivity index (χ0n) is 12.1. The Morgan fingerprint density at radius 3 is 2.86 bits per heavy atom. The summed E-state index contributed by atoms with van der Waals surface area (Å²) in [5.41, 5.74) is 0.926. The van der Waals surface area contributed by atoms with Gasteiger partial charge >= 0.3 is 0 Å². The van der Waals surface area contributed by atoms with Crippen LogP contribution in [0.2, 0.25) is 5.02 Å². The van der Waals surface area contributed by atoms with Gasteiger partial charge in [0, 0.05) is 12.2 Å². The zero-order chi connectivity index (χ0) is 15.2. The van der Waals surface area contributed by atoms with E-state index in [-0.39, 0.29) is 11.9 Å². The SMILES string of the molecule is CCCNC(C)c1cccc(F)c1Sc1ncccc1Cl. The highest BCUT2D eigenvalue weighted by atomic mass is 35.5. The summed E-state index contributed by atoms with van der Waals surface area (Å²) < 4.78 is 14.2. The van der Waals surface area contributed by atoms with Crippen molar-refractivity contribution < 1.29 is 4.39 Å². The molecule has 5 heteroatoms. The molecule has 112 valence electrons. The highest BCUT2D eigenvalue weighted by molar-refractivity contribution is 7.99. The topological polar surface area (TPSA) is 24.9 Å². The molecule has 21 heavy (non-hydrogen) atoms. The monoisotopic (exact) mass is 324 g/mol. The van der Waals surface area contributed by atoms with Crippen LogP contribution in [0.5, 0.6) is 0 Å². The van der Waals surface area contributed by atoms with E-state index < -0.39 is 0 Å². The van der Waals surface area contributed by atoms with Crippen LogP contribution in [0.15, 0.2) is 46.5 Å². The van der Waals surface area contributed by atoms with Crippen molar-refractivity contribution in [3.05, 3.63) is 52.9 Å². The van der Waals surface area contributed by atoms with Gasteiger partial charge in [-0.2, -0.15) is 0 Å². The van der Waals surface area contributed by atoms with Crippen LogP contribution >= 0.6 is 23.4 Å². The molecule has 0 saturated heterocycles. The smallest absolute Gasteiger partial charge is 0.137 e. The standard InChI is InChI=1S/C16H18ClFN2S/c1-3-9-19-11(2)12-6-4-8-14(18)15(12)21-16-13(17)7-5-10-20-16/h4-8,10-11,19H,3,9H2,1-2H3. The Balaban J connectivity index is 2.32. The lowest BCUT2D eigenvalue weighted by Gasteiger charge is -2.18. The van der Waals surface area contributed by atoms with Crippen LogP contribution in [0.3, 0.4) is 0 Å². The second-order valence-electron chi connectivity index (χ2n) is 4.73. The van der Waals surface area contributed by atoms with E-state index in [1.54, 1.807) is 24.4 Å². The lowest BCUT2D eigenvalue weighted by Crippen LogP contribution is -2.20. The second-order valence-corrected chi connectivity index (χ2v) is 6.13. The second kappa shape index (κ2) is 7.78. The van der Waals surface area contributed by atoms with E-state index in [0.29, 0.717) is 14.9 Å². The number of halogens is 2. The molecule has 1 aromatic heterocycles. The minimum atomic E-state index is -0.246. The summed E-state index contributed by atoms with van der Waals surface area (Å²) in [6.07, 6.45) is 2.70. The Labute approximate surface area is 134 Å². The van der Waals surface area contributed by atoms with Crippen LogP contribution in [0.25, 0.3) is 0 Å². The minimum absolute atomic E-state index is 0.0747. The number of hydrogen-bond donors (Lipinski definition) is 1. The summed E-state index contributed by atoms with van der Waals surface area (Å²) in [5.74, 6) is -0.246. The lowest BCUT2D eigenvalue weighted by molar-refractivity contribution is 0.543. The Bertz CT molecular complexity index is 607. The molecule has 2 aromatic rings. The van der Waals surface area contributed by atoms with Crippen molar-refractivity contribution in [2.75, 3.05) is 6.54 Å². The molecule has 2 nitrogen and oxygen atoms in total. The molecular formula is C16H18ClFN2S. The molecule has 0 aliphatic heterocycles. The van der Waals surface area contributed by atoms with E-state index in [1.807, 2.05) is 13.0 Å². The molecule has 1 aromatic carbocycles. The number of aromatic nitrogens is 1. The van der Waals surface area contributed by atoms with Crippen LogP contribution in [-0.2, 0) is 0 Å². The number of nitrogens with zero attached hydrogens (tertiary/aromatic N) is 1. The molecule has 1 unspecified atom stereocenters. The van der Waals surface area contributed by atoms with Gasteiger partial charge in [0.05, 0.1) is 9.92 Å². The minimum Gasteiger partial charge on any atom is -0.310 e. The maximum absolute atomic E-state index is 14.2.